The van der Waals surface area contributed by atoms with Gasteiger partial charge in [-0.05, 0) is 45.6 Å². The summed E-state index contributed by atoms with van der Waals surface area (Å²) in [5.74, 6) is 0.264. The van der Waals surface area contributed by atoms with Gasteiger partial charge in [-0.25, -0.2) is 0 Å². The molecule has 1 N–H and O–H groups in total. The van der Waals surface area contributed by atoms with E-state index in [1.54, 1.807) is 11.3 Å². The molecule has 1 fully saturated rings. The van der Waals surface area contributed by atoms with Crippen LogP contribution in [0.1, 0.15) is 52.7 Å². The maximum Gasteiger partial charge on any atom is 0.223 e. The summed E-state index contributed by atoms with van der Waals surface area (Å²) in [5, 5.41) is 9.29. The van der Waals surface area contributed by atoms with Crippen molar-refractivity contribution < 1.29 is 14.7 Å². The number of carbonyl (C=O) groups excluding carboxylic acids is 2. The molecule has 1 amide bonds. The number of thiophene rings is 1. The molecule has 2 rings (SSSR count). The van der Waals surface area contributed by atoms with Gasteiger partial charge in [0.2, 0.25) is 5.91 Å². The highest BCUT2D eigenvalue weighted by Gasteiger charge is 2.28. The van der Waals surface area contributed by atoms with Gasteiger partial charge >= 0.3 is 0 Å². The number of aryl methyl sites for hydroxylation is 2. The number of piperidine rings is 1. The van der Waals surface area contributed by atoms with Gasteiger partial charge in [-0.2, -0.15) is 0 Å². The minimum atomic E-state index is 0.0311. The van der Waals surface area contributed by atoms with Crippen LogP contribution in [-0.2, 0) is 4.79 Å². The molecule has 0 saturated carbocycles. The molecule has 4 nitrogen and oxygen atoms in total. The number of aliphatic hydroxyl groups is 1. The summed E-state index contributed by atoms with van der Waals surface area (Å²) in [6, 6.07) is 2.12. The lowest BCUT2D eigenvalue weighted by Crippen LogP contribution is -2.46. The van der Waals surface area contributed by atoms with Crippen LogP contribution in [0.25, 0.3) is 0 Å². The zero-order valence-corrected chi connectivity index (χ0v) is 14.4. The van der Waals surface area contributed by atoms with Gasteiger partial charge in [0, 0.05) is 47.4 Å². The molecule has 1 aliphatic rings. The Morgan fingerprint density at radius 3 is 2.64 bits per heavy atom. The highest BCUT2D eigenvalue weighted by molar-refractivity contribution is 7.12. The summed E-state index contributed by atoms with van der Waals surface area (Å²) >= 11 is 1.62. The molecular weight excluding hydrogens is 298 g/mol. The summed E-state index contributed by atoms with van der Waals surface area (Å²) in [5.41, 5.74) is 0.759. The van der Waals surface area contributed by atoms with Crippen LogP contribution in [0.3, 0.4) is 0 Å². The van der Waals surface area contributed by atoms with Crippen molar-refractivity contribution >= 4 is 23.0 Å². The molecule has 2 heterocycles. The number of hydrogen-bond acceptors (Lipinski definition) is 4. The number of hydrogen-bond donors (Lipinski definition) is 1. The first-order chi connectivity index (χ1) is 10.4. The molecule has 0 aliphatic carbocycles. The molecule has 2 unspecified atom stereocenters. The second-order valence-electron chi connectivity index (χ2n) is 6.27. The van der Waals surface area contributed by atoms with Crippen molar-refractivity contribution in [2.24, 2.45) is 5.92 Å². The van der Waals surface area contributed by atoms with E-state index in [1.165, 1.54) is 0 Å². The zero-order chi connectivity index (χ0) is 16.3. The van der Waals surface area contributed by atoms with E-state index in [-0.39, 0.29) is 43.1 Å². The van der Waals surface area contributed by atoms with Crippen LogP contribution in [0.15, 0.2) is 6.07 Å². The number of ketones is 1. The summed E-state index contributed by atoms with van der Waals surface area (Å²) in [6.07, 6.45) is 2.42. The maximum atomic E-state index is 12.4. The third-order valence-corrected chi connectivity index (χ3v) is 5.43. The van der Waals surface area contributed by atoms with Crippen molar-refractivity contribution in [3.8, 4) is 0 Å². The fourth-order valence-electron chi connectivity index (χ4n) is 3.09. The van der Waals surface area contributed by atoms with Crippen molar-refractivity contribution in [3.05, 3.63) is 21.4 Å². The second kappa shape index (κ2) is 7.38. The largest absolute Gasteiger partial charge is 0.396 e. The topological polar surface area (TPSA) is 57.6 Å². The first-order valence-corrected chi connectivity index (χ1v) is 8.74. The highest BCUT2D eigenvalue weighted by Crippen LogP contribution is 2.24. The smallest absolute Gasteiger partial charge is 0.223 e. The van der Waals surface area contributed by atoms with Crippen LogP contribution in [0, 0.1) is 19.8 Å². The monoisotopic (exact) mass is 323 g/mol. The van der Waals surface area contributed by atoms with Gasteiger partial charge in [-0.3, -0.25) is 9.59 Å². The molecule has 5 heteroatoms. The third kappa shape index (κ3) is 3.96. The minimum Gasteiger partial charge on any atom is -0.396 e. The van der Waals surface area contributed by atoms with Crippen molar-refractivity contribution in [2.45, 2.75) is 52.5 Å². The van der Waals surface area contributed by atoms with E-state index >= 15 is 0 Å². The summed E-state index contributed by atoms with van der Waals surface area (Å²) in [6.45, 7) is 6.72. The lowest BCUT2D eigenvalue weighted by Gasteiger charge is -2.37. The Bertz CT molecular complexity index is 552. The van der Waals surface area contributed by atoms with Crippen molar-refractivity contribution in [1.82, 2.24) is 4.90 Å². The van der Waals surface area contributed by atoms with E-state index in [0.717, 1.165) is 28.2 Å². The fraction of sp³-hybridized carbons (Fsp3) is 0.647. The molecule has 1 aromatic rings. The van der Waals surface area contributed by atoms with Crippen molar-refractivity contribution in [2.75, 3.05) is 13.2 Å². The van der Waals surface area contributed by atoms with Gasteiger partial charge in [-0.1, -0.05) is 0 Å². The quantitative estimate of drug-likeness (QED) is 0.848. The number of Topliss-reactive ketones (excluding diaryl/α,β-unsaturated/α-hetero) is 1. The Morgan fingerprint density at radius 2 is 2.05 bits per heavy atom. The van der Waals surface area contributed by atoms with Gasteiger partial charge in [-0.15, -0.1) is 11.3 Å². The summed E-state index contributed by atoms with van der Waals surface area (Å²) in [4.78, 5) is 28.6. The van der Waals surface area contributed by atoms with E-state index in [2.05, 4.69) is 0 Å². The van der Waals surface area contributed by atoms with Gasteiger partial charge in [0.05, 0.1) is 0 Å². The first kappa shape index (κ1) is 17.2. The number of likely N-dealkylation sites (tertiary alicyclic amines) is 1. The Morgan fingerprint density at radius 1 is 1.32 bits per heavy atom. The molecule has 122 valence electrons. The molecule has 0 bridgehead atoms. The fourth-order valence-corrected chi connectivity index (χ4v) is 4.03. The van der Waals surface area contributed by atoms with Gasteiger partial charge in [0.15, 0.2) is 5.78 Å². The maximum absolute atomic E-state index is 12.4. The molecule has 22 heavy (non-hydrogen) atoms. The predicted molar refractivity (Wildman–Crippen MR) is 88.3 cm³/mol. The van der Waals surface area contributed by atoms with Crippen molar-refractivity contribution in [1.29, 1.82) is 0 Å². The average molecular weight is 323 g/mol. The van der Waals surface area contributed by atoms with Crippen LogP contribution < -0.4 is 0 Å². The molecule has 0 aromatic carbocycles. The first-order valence-electron chi connectivity index (χ1n) is 7.93. The lowest BCUT2D eigenvalue weighted by atomic mass is 9.93. The number of amides is 1. The molecule has 1 aromatic heterocycles. The Labute approximate surface area is 136 Å². The summed E-state index contributed by atoms with van der Waals surface area (Å²) in [7, 11) is 0. The number of nitrogens with zero attached hydrogens (tertiary/aromatic N) is 1. The Kier molecular flexibility index (Phi) is 5.75. The average Bonchev–Trinajstić information content (AvgIpc) is 2.83. The van der Waals surface area contributed by atoms with E-state index in [0.29, 0.717) is 6.54 Å². The third-order valence-electron chi connectivity index (χ3n) is 4.47. The Balaban J connectivity index is 1.91. The standard InChI is InChI=1S/C17H25NO3S/c1-11-4-5-14(10-19)9-18(11)17(21)7-6-16(20)15-8-12(2)22-13(15)3/h8,11,14,19H,4-7,9-10H2,1-3H3. The second-order valence-corrected chi connectivity index (χ2v) is 7.73. The predicted octanol–water partition coefficient (Wildman–Crippen LogP) is 2.95. The van der Waals surface area contributed by atoms with E-state index in [1.807, 2.05) is 31.7 Å². The SMILES string of the molecule is Cc1cc(C(=O)CCC(=O)N2CC(CO)CCC2C)c(C)s1. The zero-order valence-electron chi connectivity index (χ0n) is 13.6. The van der Waals surface area contributed by atoms with E-state index in [9.17, 15) is 14.7 Å². The molecule has 0 radical (unpaired) electrons. The van der Waals surface area contributed by atoms with E-state index < -0.39 is 0 Å². The van der Waals surface area contributed by atoms with Crippen LogP contribution in [0.2, 0.25) is 0 Å². The number of rotatable bonds is 5. The minimum absolute atomic E-state index is 0.0311. The van der Waals surface area contributed by atoms with Gasteiger partial charge < -0.3 is 10.0 Å². The van der Waals surface area contributed by atoms with Gasteiger partial charge in [0.25, 0.3) is 0 Å². The Hall–Kier alpha value is -1.20. The van der Waals surface area contributed by atoms with Gasteiger partial charge in [0.1, 0.15) is 0 Å². The van der Waals surface area contributed by atoms with E-state index in [4.69, 9.17) is 0 Å². The molecule has 2 atom stereocenters. The van der Waals surface area contributed by atoms with Crippen molar-refractivity contribution in [3.63, 3.8) is 0 Å². The molecular formula is C17H25NO3S. The normalized spacial score (nSPS) is 21.9. The molecule has 0 spiro atoms. The number of aliphatic hydroxyl groups excluding tert-OH is 1. The highest BCUT2D eigenvalue weighted by atomic mass is 32.1. The molecule has 1 aliphatic heterocycles. The summed E-state index contributed by atoms with van der Waals surface area (Å²) < 4.78 is 0. The van der Waals surface area contributed by atoms with Crippen LogP contribution in [0.5, 0.6) is 0 Å². The van der Waals surface area contributed by atoms with Crippen LogP contribution in [0.4, 0.5) is 0 Å². The molecule has 1 saturated heterocycles. The lowest BCUT2D eigenvalue weighted by molar-refractivity contribution is -0.135. The number of carbonyl (C=O) groups is 2. The van der Waals surface area contributed by atoms with Crippen LogP contribution >= 0.6 is 11.3 Å². The van der Waals surface area contributed by atoms with Crippen LogP contribution in [-0.4, -0.2) is 40.9 Å².